The molecule has 1 heterocycles. The molecule has 0 fully saturated rings. The molecular formula is C9H9NO3. The Hall–Kier alpha value is -1.71. The summed E-state index contributed by atoms with van der Waals surface area (Å²) in [6.07, 6.45) is 1.28. The fourth-order valence-electron chi connectivity index (χ4n) is 0.917. The molecule has 0 spiro atoms. The van der Waals surface area contributed by atoms with Crippen LogP contribution in [-0.4, -0.2) is 21.7 Å². The summed E-state index contributed by atoms with van der Waals surface area (Å²) in [5.41, 5.74) is 0.285. The van der Waals surface area contributed by atoms with E-state index < -0.39 is 0 Å². The number of aromatic nitrogens is 1. The average molecular weight is 179 g/mol. The van der Waals surface area contributed by atoms with Crippen molar-refractivity contribution in [3.8, 4) is 5.75 Å². The molecule has 1 aromatic heterocycles. The molecule has 1 aromatic rings. The van der Waals surface area contributed by atoms with E-state index in [-0.39, 0.29) is 23.0 Å². The Balaban J connectivity index is 3.20. The van der Waals surface area contributed by atoms with Gasteiger partial charge in [0.1, 0.15) is 11.4 Å². The predicted molar refractivity (Wildman–Crippen MR) is 45.9 cm³/mol. The fourth-order valence-corrected chi connectivity index (χ4v) is 0.917. The summed E-state index contributed by atoms with van der Waals surface area (Å²) >= 11 is 0. The van der Waals surface area contributed by atoms with Gasteiger partial charge in [0.05, 0.1) is 0 Å². The van der Waals surface area contributed by atoms with Crippen molar-refractivity contribution in [2.24, 2.45) is 0 Å². The number of Topliss-reactive ketones (excluding diaryl/α,β-unsaturated/α-hetero) is 2. The van der Waals surface area contributed by atoms with E-state index in [1.54, 1.807) is 0 Å². The Morgan fingerprint density at radius 1 is 1.31 bits per heavy atom. The summed E-state index contributed by atoms with van der Waals surface area (Å²) in [6.45, 7) is 2.67. The van der Waals surface area contributed by atoms with Crippen LogP contribution in [0.1, 0.15) is 34.7 Å². The van der Waals surface area contributed by atoms with E-state index in [9.17, 15) is 14.7 Å². The van der Waals surface area contributed by atoms with Crippen molar-refractivity contribution in [3.05, 3.63) is 23.5 Å². The molecule has 0 unspecified atom stereocenters. The molecule has 0 atom stereocenters. The number of pyridine rings is 1. The summed E-state index contributed by atoms with van der Waals surface area (Å²) in [4.78, 5) is 25.4. The van der Waals surface area contributed by atoms with Gasteiger partial charge in [-0.25, -0.2) is 4.98 Å². The van der Waals surface area contributed by atoms with Gasteiger partial charge in [-0.1, -0.05) is 0 Å². The van der Waals surface area contributed by atoms with Crippen LogP contribution >= 0.6 is 0 Å². The number of hydrogen-bond donors (Lipinski definition) is 1. The first-order valence-corrected chi connectivity index (χ1v) is 3.73. The van der Waals surface area contributed by atoms with Gasteiger partial charge in [-0.2, -0.15) is 0 Å². The molecule has 0 aromatic carbocycles. The maximum absolute atomic E-state index is 10.8. The normalized spacial score (nSPS) is 9.69. The van der Waals surface area contributed by atoms with Crippen molar-refractivity contribution in [2.45, 2.75) is 13.8 Å². The lowest BCUT2D eigenvalue weighted by Gasteiger charge is -2.00. The largest absolute Gasteiger partial charge is 0.506 e. The van der Waals surface area contributed by atoms with Crippen LogP contribution in [0.2, 0.25) is 0 Å². The first-order valence-electron chi connectivity index (χ1n) is 3.73. The van der Waals surface area contributed by atoms with Crippen LogP contribution in [0.5, 0.6) is 5.75 Å². The van der Waals surface area contributed by atoms with Crippen LogP contribution < -0.4 is 0 Å². The zero-order valence-electron chi connectivity index (χ0n) is 7.37. The number of carbonyl (C=O) groups is 2. The van der Waals surface area contributed by atoms with Crippen LogP contribution in [0.3, 0.4) is 0 Å². The van der Waals surface area contributed by atoms with E-state index in [2.05, 4.69) is 4.98 Å². The minimum absolute atomic E-state index is 0.00926. The number of aromatic hydroxyl groups is 1. The van der Waals surface area contributed by atoms with E-state index in [0.717, 1.165) is 0 Å². The van der Waals surface area contributed by atoms with Crippen LogP contribution in [0, 0.1) is 0 Å². The topological polar surface area (TPSA) is 67.3 Å². The number of ketones is 2. The van der Waals surface area contributed by atoms with Crippen molar-refractivity contribution >= 4 is 11.6 Å². The summed E-state index contributed by atoms with van der Waals surface area (Å²) in [5, 5.41) is 9.28. The minimum atomic E-state index is -0.326. The third-order valence-corrected chi connectivity index (χ3v) is 1.61. The molecule has 13 heavy (non-hydrogen) atoms. The molecular weight excluding hydrogens is 170 g/mol. The molecule has 68 valence electrons. The van der Waals surface area contributed by atoms with Crippen LogP contribution in [-0.2, 0) is 0 Å². The van der Waals surface area contributed by atoms with Gasteiger partial charge < -0.3 is 5.11 Å². The predicted octanol–water partition coefficient (Wildman–Crippen LogP) is 1.19. The van der Waals surface area contributed by atoms with Gasteiger partial charge in [-0.15, -0.1) is 0 Å². The number of rotatable bonds is 2. The first kappa shape index (κ1) is 9.38. The van der Waals surface area contributed by atoms with E-state index >= 15 is 0 Å². The third-order valence-electron chi connectivity index (χ3n) is 1.61. The highest BCUT2D eigenvalue weighted by Gasteiger charge is 2.10. The van der Waals surface area contributed by atoms with Gasteiger partial charge in [0.15, 0.2) is 11.6 Å². The zero-order valence-corrected chi connectivity index (χ0v) is 7.37. The van der Waals surface area contributed by atoms with E-state index in [4.69, 9.17) is 0 Å². The minimum Gasteiger partial charge on any atom is -0.506 e. The molecule has 1 rings (SSSR count). The average Bonchev–Trinajstić information content (AvgIpc) is 2.03. The molecule has 0 saturated carbocycles. The van der Waals surface area contributed by atoms with Gasteiger partial charge in [-0.05, 0) is 13.0 Å². The van der Waals surface area contributed by atoms with Crippen LogP contribution in [0.25, 0.3) is 0 Å². The Labute approximate surface area is 75.2 Å². The van der Waals surface area contributed by atoms with E-state index in [0.29, 0.717) is 5.56 Å². The first-order chi connectivity index (χ1) is 6.02. The highest BCUT2D eigenvalue weighted by atomic mass is 16.3. The maximum atomic E-state index is 10.8. The van der Waals surface area contributed by atoms with Crippen molar-refractivity contribution in [3.63, 3.8) is 0 Å². The molecule has 4 nitrogen and oxygen atoms in total. The van der Waals surface area contributed by atoms with Crippen LogP contribution in [0.15, 0.2) is 12.3 Å². The maximum Gasteiger partial charge on any atom is 0.181 e. The van der Waals surface area contributed by atoms with Gasteiger partial charge in [0, 0.05) is 18.7 Å². The molecule has 0 aliphatic heterocycles. The van der Waals surface area contributed by atoms with Crippen molar-refractivity contribution < 1.29 is 14.7 Å². The smallest absolute Gasteiger partial charge is 0.181 e. The summed E-state index contributed by atoms with van der Waals surface area (Å²) in [5.74, 6) is -0.772. The quantitative estimate of drug-likeness (QED) is 0.692. The molecule has 4 heteroatoms. The Kier molecular flexibility index (Phi) is 2.41. The van der Waals surface area contributed by atoms with Gasteiger partial charge in [0.2, 0.25) is 0 Å². The zero-order chi connectivity index (χ0) is 10.0. The monoisotopic (exact) mass is 179 g/mol. The van der Waals surface area contributed by atoms with Crippen molar-refractivity contribution in [1.29, 1.82) is 0 Å². The second-order valence-corrected chi connectivity index (χ2v) is 2.70. The fraction of sp³-hybridized carbons (Fsp3) is 0.222. The highest BCUT2D eigenvalue weighted by molar-refractivity contribution is 5.98. The lowest BCUT2D eigenvalue weighted by molar-refractivity contribution is 0.0994. The molecule has 0 amide bonds. The summed E-state index contributed by atoms with van der Waals surface area (Å²) < 4.78 is 0. The summed E-state index contributed by atoms with van der Waals surface area (Å²) in [7, 11) is 0. The molecule has 0 aliphatic carbocycles. The van der Waals surface area contributed by atoms with Gasteiger partial charge in [-0.3, -0.25) is 9.59 Å². The lowest BCUT2D eigenvalue weighted by Crippen LogP contribution is -2.00. The van der Waals surface area contributed by atoms with Gasteiger partial charge >= 0.3 is 0 Å². The number of carbonyl (C=O) groups excluding carboxylic acids is 2. The standard InChI is InChI=1S/C9H9NO3/c1-5(11)7-3-8(13)9(6(2)12)10-4-7/h3-4,13H,1-2H3. The van der Waals surface area contributed by atoms with E-state index in [1.165, 1.54) is 26.1 Å². The Morgan fingerprint density at radius 3 is 2.31 bits per heavy atom. The lowest BCUT2D eigenvalue weighted by atomic mass is 10.1. The molecule has 0 saturated heterocycles. The Morgan fingerprint density at radius 2 is 1.92 bits per heavy atom. The molecule has 0 aliphatic rings. The second-order valence-electron chi connectivity index (χ2n) is 2.70. The third kappa shape index (κ3) is 1.90. The van der Waals surface area contributed by atoms with Crippen molar-refractivity contribution in [2.75, 3.05) is 0 Å². The molecule has 1 N–H and O–H groups in total. The number of hydrogen-bond acceptors (Lipinski definition) is 4. The number of nitrogens with zero attached hydrogens (tertiary/aromatic N) is 1. The van der Waals surface area contributed by atoms with E-state index in [1.807, 2.05) is 0 Å². The second kappa shape index (κ2) is 3.35. The molecule has 0 radical (unpaired) electrons. The van der Waals surface area contributed by atoms with Gasteiger partial charge in [0.25, 0.3) is 0 Å². The SMILES string of the molecule is CC(=O)c1cnc(C(C)=O)c(O)c1. The van der Waals surface area contributed by atoms with Crippen LogP contribution in [0.4, 0.5) is 0 Å². The molecule has 0 bridgehead atoms. The van der Waals surface area contributed by atoms with Crippen molar-refractivity contribution in [1.82, 2.24) is 4.98 Å². The highest BCUT2D eigenvalue weighted by Crippen LogP contribution is 2.16. The Bertz CT molecular complexity index is 371. The summed E-state index contributed by atoms with van der Waals surface area (Å²) in [6, 6.07) is 1.24.